The number of carboxylic acid groups (broad SMARTS) is 1. The van der Waals surface area contributed by atoms with E-state index < -0.39 is 23.1 Å². The number of hydrogen-bond acceptors (Lipinski definition) is 2. The van der Waals surface area contributed by atoms with Crippen LogP contribution in [0.4, 0.5) is 8.78 Å². The van der Waals surface area contributed by atoms with Crippen LogP contribution < -0.4 is 5.32 Å². The minimum absolute atomic E-state index is 0.0138. The Morgan fingerprint density at radius 3 is 2.55 bits per heavy atom. The molecule has 1 fully saturated rings. The predicted octanol–water partition coefficient (Wildman–Crippen LogP) is 2.66. The highest BCUT2D eigenvalue weighted by molar-refractivity contribution is 5.87. The predicted molar refractivity (Wildman–Crippen MR) is 76.2 cm³/mol. The summed E-state index contributed by atoms with van der Waals surface area (Å²) < 4.78 is 25.8. The first-order valence-corrected chi connectivity index (χ1v) is 7.31. The van der Waals surface area contributed by atoms with Gasteiger partial charge in [0.25, 0.3) is 0 Å². The first-order valence-electron chi connectivity index (χ1n) is 7.31. The Hall–Kier alpha value is -1.98. The molecule has 0 unspecified atom stereocenters. The van der Waals surface area contributed by atoms with E-state index in [-0.39, 0.29) is 18.2 Å². The fourth-order valence-electron chi connectivity index (χ4n) is 2.49. The molecule has 1 saturated carbocycles. The van der Waals surface area contributed by atoms with Crippen LogP contribution in [0.15, 0.2) is 18.2 Å². The Bertz CT molecular complexity index is 587. The van der Waals surface area contributed by atoms with E-state index >= 15 is 0 Å². The minimum atomic E-state index is -1.21. The summed E-state index contributed by atoms with van der Waals surface area (Å²) in [7, 11) is 0. The Labute approximate surface area is 127 Å². The molecule has 0 bridgehead atoms. The van der Waals surface area contributed by atoms with Crippen LogP contribution in [0.25, 0.3) is 0 Å². The standard InChI is InChI=1S/C16H19F2NO3/c1-16(15(21)22,11-6-7-11)19-14(20)4-2-3-10-5-8-12(17)13(18)9-10/h5,8-9,11H,2-4,6-7H2,1H3,(H,19,20)(H,21,22)/t16-/m1/s1. The molecule has 1 aliphatic rings. The third kappa shape index (κ3) is 3.81. The Morgan fingerprint density at radius 1 is 1.32 bits per heavy atom. The van der Waals surface area contributed by atoms with Gasteiger partial charge < -0.3 is 10.4 Å². The smallest absolute Gasteiger partial charge is 0.329 e. The number of benzene rings is 1. The number of rotatable bonds is 7. The van der Waals surface area contributed by atoms with Crippen molar-refractivity contribution in [1.29, 1.82) is 0 Å². The number of hydrogen-bond donors (Lipinski definition) is 2. The quantitative estimate of drug-likeness (QED) is 0.813. The zero-order valence-corrected chi connectivity index (χ0v) is 12.4. The van der Waals surface area contributed by atoms with Crippen molar-refractivity contribution in [3.63, 3.8) is 0 Å². The van der Waals surface area contributed by atoms with Crippen LogP contribution in [-0.2, 0) is 16.0 Å². The van der Waals surface area contributed by atoms with Gasteiger partial charge in [-0.2, -0.15) is 0 Å². The van der Waals surface area contributed by atoms with Crippen LogP contribution in [0.3, 0.4) is 0 Å². The van der Waals surface area contributed by atoms with Crippen LogP contribution in [0.2, 0.25) is 0 Å². The normalized spacial score (nSPS) is 16.9. The summed E-state index contributed by atoms with van der Waals surface area (Å²) in [5, 5.41) is 11.8. The maximum Gasteiger partial charge on any atom is 0.329 e. The number of nitrogens with one attached hydrogen (secondary N) is 1. The summed E-state index contributed by atoms with van der Waals surface area (Å²) in [6.45, 7) is 1.53. The van der Waals surface area contributed by atoms with Gasteiger partial charge in [0.2, 0.25) is 5.91 Å². The molecule has 0 saturated heterocycles. The molecule has 22 heavy (non-hydrogen) atoms. The van der Waals surface area contributed by atoms with E-state index in [4.69, 9.17) is 0 Å². The number of amides is 1. The molecule has 1 amide bonds. The van der Waals surface area contributed by atoms with E-state index in [1.165, 1.54) is 13.0 Å². The van der Waals surface area contributed by atoms with E-state index in [2.05, 4.69) is 5.32 Å². The number of halogens is 2. The molecule has 0 radical (unpaired) electrons. The van der Waals surface area contributed by atoms with Gasteiger partial charge in [0.15, 0.2) is 11.6 Å². The number of carbonyl (C=O) groups is 2. The van der Waals surface area contributed by atoms with E-state index in [0.717, 1.165) is 25.0 Å². The van der Waals surface area contributed by atoms with Crippen molar-refractivity contribution in [2.75, 3.05) is 0 Å². The Balaban J connectivity index is 1.82. The third-order valence-corrected chi connectivity index (χ3v) is 4.09. The largest absolute Gasteiger partial charge is 0.480 e. The molecule has 120 valence electrons. The molecular weight excluding hydrogens is 292 g/mol. The van der Waals surface area contributed by atoms with Crippen molar-refractivity contribution >= 4 is 11.9 Å². The molecule has 4 nitrogen and oxygen atoms in total. The summed E-state index contributed by atoms with van der Waals surface area (Å²) in [6, 6.07) is 3.64. The maximum atomic E-state index is 13.1. The molecule has 6 heteroatoms. The average Bonchev–Trinajstić information content (AvgIpc) is 3.27. The lowest BCUT2D eigenvalue weighted by Gasteiger charge is -2.26. The molecule has 0 aliphatic heterocycles. The van der Waals surface area contributed by atoms with Crippen LogP contribution in [0.5, 0.6) is 0 Å². The van der Waals surface area contributed by atoms with Crippen molar-refractivity contribution < 1.29 is 23.5 Å². The fraction of sp³-hybridized carbons (Fsp3) is 0.500. The van der Waals surface area contributed by atoms with Gasteiger partial charge in [-0.25, -0.2) is 13.6 Å². The maximum absolute atomic E-state index is 13.1. The highest BCUT2D eigenvalue weighted by atomic mass is 19.2. The van der Waals surface area contributed by atoms with Crippen LogP contribution in [-0.4, -0.2) is 22.5 Å². The van der Waals surface area contributed by atoms with Crippen molar-refractivity contribution in [2.24, 2.45) is 5.92 Å². The lowest BCUT2D eigenvalue weighted by atomic mass is 9.95. The number of aliphatic carboxylic acids is 1. The summed E-state index contributed by atoms with van der Waals surface area (Å²) in [6.07, 6.45) is 2.62. The second kappa shape index (κ2) is 6.42. The van der Waals surface area contributed by atoms with Crippen molar-refractivity contribution in [3.8, 4) is 0 Å². The Kier molecular flexibility index (Phi) is 4.78. The molecule has 1 aliphatic carbocycles. The van der Waals surface area contributed by atoms with Crippen LogP contribution in [0.1, 0.15) is 38.2 Å². The molecule has 1 atom stereocenters. The number of aryl methyl sites for hydroxylation is 1. The molecule has 2 rings (SSSR count). The summed E-state index contributed by atoms with van der Waals surface area (Å²) in [5.74, 6) is -3.18. The average molecular weight is 311 g/mol. The molecule has 0 heterocycles. The van der Waals surface area contributed by atoms with E-state index in [1.54, 1.807) is 0 Å². The monoisotopic (exact) mass is 311 g/mol. The number of carbonyl (C=O) groups excluding carboxylic acids is 1. The fourth-order valence-corrected chi connectivity index (χ4v) is 2.49. The summed E-state index contributed by atoms with van der Waals surface area (Å²) in [4.78, 5) is 23.2. The summed E-state index contributed by atoms with van der Waals surface area (Å²) in [5.41, 5.74) is -0.603. The molecule has 0 aromatic heterocycles. The van der Waals surface area contributed by atoms with Crippen LogP contribution in [0, 0.1) is 17.6 Å². The zero-order valence-electron chi connectivity index (χ0n) is 12.4. The first kappa shape index (κ1) is 16.4. The molecule has 0 spiro atoms. The zero-order chi connectivity index (χ0) is 16.3. The van der Waals surface area contributed by atoms with Crippen molar-refractivity contribution in [2.45, 2.75) is 44.6 Å². The highest BCUT2D eigenvalue weighted by Crippen LogP contribution is 2.39. The second-order valence-corrected chi connectivity index (χ2v) is 5.93. The van der Waals surface area contributed by atoms with Gasteiger partial charge in [0, 0.05) is 6.42 Å². The summed E-state index contributed by atoms with van der Waals surface area (Å²) >= 11 is 0. The van der Waals surface area contributed by atoms with Gasteiger partial charge in [0.05, 0.1) is 0 Å². The Morgan fingerprint density at radius 2 is 2.00 bits per heavy atom. The third-order valence-electron chi connectivity index (χ3n) is 4.09. The molecule has 1 aromatic carbocycles. The second-order valence-electron chi connectivity index (χ2n) is 5.93. The van der Waals surface area contributed by atoms with Crippen LogP contribution >= 0.6 is 0 Å². The lowest BCUT2D eigenvalue weighted by molar-refractivity contribution is -0.147. The van der Waals surface area contributed by atoms with Crippen molar-refractivity contribution in [1.82, 2.24) is 5.32 Å². The number of carboxylic acids is 1. The van der Waals surface area contributed by atoms with Gasteiger partial charge in [-0.05, 0) is 56.2 Å². The van der Waals surface area contributed by atoms with E-state index in [9.17, 15) is 23.5 Å². The first-order chi connectivity index (χ1) is 10.3. The van der Waals surface area contributed by atoms with Gasteiger partial charge in [-0.15, -0.1) is 0 Å². The van der Waals surface area contributed by atoms with E-state index in [1.807, 2.05) is 0 Å². The SMILES string of the molecule is C[C@](NC(=O)CCCc1ccc(F)c(F)c1)(C(=O)O)C1CC1. The van der Waals surface area contributed by atoms with Crippen molar-refractivity contribution in [3.05, 3.63) is 35.4 Å². The van der Waals surface area contributed by atoms with Gasteiger partial charge in [-0.3, -0.25) is 4.79 Å². The topological polar surface area (TPSA) is 66.4 Å². The lowest BCUT2D eigenvalue weighted by Crippen LogP contribution is -2.53. The van der Waals surface area contributed by atoms with Gasteiger partial charge >= 0.3 is 5.97 Å². The molecule has 2 N–H and O–H groups in total. The molecular formula is C16H19F2NO3. The highest BCUT2D eigenvalue weighted by Gasteiger charge is 2.48. The van der Waals surface area contributed by atoms with Gasteiger partial charge in [0.1, 0.15) is 5.54 Å². The molecule has 1 aromatic rings. The minimum Gasteiger partial charge on any atom is -0.480 e. The van der Waals surface area contributed by atoms with Gasteiger partial charge in [-0.1, -0.05) is 6.07 Å². The van der Waals surface area contributed by atoms with E-state index in [0.29, 0.717) is 18.4 Å².